The molecular formula is C8H7Cl2F2NO. The van der Waals surface area contributed by atoms with Gasteiger partial charge in [-0.2, -0.15) is 0 Å². The topological polar surface area (TPSA) is 33.1 Å². The molecule has 0 fully saturated rings. The minimum atomic E-state index is -2.71. The quantitative estimate of drug-likeness (QED) is 0.652. The summed E-state index contributed by atoms with van der Waals surface area (Å²) in [4.78, 5) is 3.60. The van der Waals surface area contributed by atoms with Crippen LogP contribution in [0.3, 0.4) is 0 Å². The molecule has 0 aliphatic heterocycles. The van der Waals surface area contributed by atoms with Gasteiger partial charge in [0.1, 0.15) is 5.15 Å². The van der Waals surface area contributed by atoms with E-state index in [1.807, 2.05) is 0 Å². The first kappa shape index (κ1) is 11.6. The summed E-state index contributed by atoms with van der Waals surface area (Å²) < 4.78 is 25.1. The molecule has 2 nitrogen and oxygen atoms in total. The standard InChI is InChI=1S/C8H7Cl2F2NO/c9-2-4-1-6(10)13-5(3-14)7(4)8(11)12/h1,8,14H,2-3H2. The van der Waals surface area contributed by atoms with Crippen LogP contribution in [0.15, 0.2) is 6.07 Å². The number of nitrogens with zero attached hydrogens (tertiary/aromatic N) is 1. The molecule has 6 heteroatoms. The summed E-state index contributed by atoms with van der Waals surface area (Å²) in [6, 6.07) is 1.27. The van der Waals surface area contributed by atoms with Gasteiger partial charge in [-0.3, -0.25) is 0 Å². The minimum Gasteiger partial charge on any atom is -0.390 e. The molecule has 0 radical (unpaired) electrons. The highest BCUT2D eigenvalue weighted by Crippen LogP contribution is 2.28. The van der Waals surface area contributed by atoms with E-state index in [1.165, 1.54) is 6.07 Å². The third kappa shape index (κ3) is 2.32. The second-order valence-electron chi connectivity index (χ2n) is 2.56. The highest BCUT2D eigenvalue weighted by atomic mass is 35.5. The van der Waals surface area contributed by atoms with Crippen LogP contribution in [0, 0.1) is 0 Å². The van der Waals surface area contributed by atoms with Gasteiger partial charge < -0.3 is 5.11 Å². The molecule has 78 valence electrons. The van der Waals surface area contributed by atoms with E-state index in [0.29, 0.717) is 0 Å². The van der Waals surface area contributed by atoms with Gasteiger partial charge in [0, 0.05) is 11.4 Å². The molecule has 0 aliphatic rings. The van der Waals surface area contributed by atoms with Crippen LogP contribution >= 0.6 is 23.2 Å². The number of aromatic nitrogens is 1. The molecule has 1 rings (SSSR count). The Hall–Kier alpha value is -0.450. The lowest BCUT2D eigenvalue weighted by atomic mass is 10.1. The molecule has 1 aromatic heterocycles. The number of hydrogen-bond donors (Lipinski definition) is 1. The maximum Gasteiger partial charge on any atom is 0.266 e. The monoisotopic (exact) mass is 241 g/mol. The second-order valence-corrected chi connectivity index (χ2v) is 3.21. The Labute approximate surface area is 89.5 Å². The minimum absolute atomic E-state index is 0.0501. The van der Waals surface area contributed by atoms with Crippen molar-refractivity contribution in [3.63, 3.8) is 0 Å². The molecule has 0 saturated carbocycles. The largest absolute Gasteiger partial charge is 0.390 e. The fourth-order valence-corrected chi connectivity index (χ4v) is 1.58. The summed E-state index contributed by atoms with van der Waals surface area (Å²) in [5.41, 5.74) is -0.249. The molecule has 0 aromatic carbocycles. The molecular weight excluding hydrogens is 235 g/mol. The fraction of sp³-hybridized carbons (Fsp3) is 0.375. The van der Waals surface area contributed by atoms with Crippen molar-refractivity contribution in [2.24, 2.45) is 0 Å². The van der Waals surface area contributed by atoms with E-state index < -0.39 is 13.0 Å². The molecule has 14 heavy (non-hydrogen) atoms. The number of pyridine rings is 1. The van der Waals surface area contributed by atoms with Gasteiger partial charge in [0.05, 0.1) is 12.3 Å². The Morgan fingerprint density at radius 1 is 1.50 bits per heavy atom. The number of alkyl halides is 3. The second kappa shape index (κ2) is 4.87. The maximum absolute atomic E-state index is 12.5. The molecule has 1 N–H and O–H groups in total. The average Bonchev–Trinajstić information content (AvgIpc) is 2.15. The zero-order chi connectivity index (χ0) is 10.7. The van der Waals surface area contributed by atoms with Crippen LogP contribution in [0.1, 0.15) is 23.2 Å². The van der Waals surface area contributed by atoms with Crippen molar-refractivity contribution in [3.8, 4) is 0 Å². The summed E-state index contributed by atoms with van der Waals surface area (Å²) in [5.74, 6) is -0.0884. The molecule has 1 aromatic rings. The number of hydrogen-bond acceptors (Lipinski definition) is 2. The van der Waals surface area contributed by atoms with E-state index in [0.717, 1.165) is 0 Å². The third-order valence-corrected chi connectivity index (χ3v) is 2.19. The van der Waals surface area contributed by atoms with Gasteiger partial charge >= 0.3 is 0 Å². The predicted octanol–water partition coefficient (Wildman–Crippen LogP) is 2.90. The normalized spacial score (nSPS) is 11.0. The van der Waals surface area contributed by atoms with Gasteiger partial charge in [0.2, 0.25) is 0 Å². The lowest BCUT2D eigenvalue weighted by Crippen LogP contribution is -2.03. The molecule has 0 spiro atoms. The van der Waals surface area contributed by atoms with Crippen LogP contribution in [-0.4, -0.2) is 10.1 Å². The van der Waals surface area contributed by atoms with Crippen molar-refractivity contribution >= 4 is 23.2 Å². The first-order valence-corrected chi connectivity index (χ1v) is 4.64. The maximum atomic E-state index is 12.5. The van der Waals surface area contributed by atoms with Crippen LogP contribution in [-0.2, 0) is 12.5 Å². The van der Waals surface area contributed by atoms with Crippen LogP contribution in [0.25, 0.3) is 0 Å². The summed E-state index contributed by atoms with van der Waals surface area (Å²) >= 11 is 11.0. The van der Waals surface area contributed by atoms with Gasteiger partial charge in [-0.25, -0.2) is 13.8 Å². The van der Waals surface area contributed by atoms with Crippen LogP contribution < -0.4 is 0 Å². The van der Waals surface area contributed by atoms with E-state index in [9.17, 15) is 8.78 Å². The highest BCUT2D eigenvalue weighted by Gasteiger charge is 2.19. The molecule has 1 heterocycles. The van der Waals surface area contributed by atoms with Crippen molar-refractivity contribution in [3.05, 3.63) is 28.0 Å². The lowest BCUT2D eigenvalue weighted by Gasteiger charge is -2.10. The molecule has 0 bridgehead atoms. The van der Waals surface area contributed by atoms with Gasteiger partial charge in [0.25, 0.3) is 6.43 Å². The Morgan fingerprint density at radius 2 is 2.14 bits per heavy atom. The number of aliphatic hydroxyl groups excluding tert-OH is 1. The number of rotatable bonds is 3. The Balaban J connectivity index is 3.33. The number of halogens is 4. The molecule has 0 aliphatic carbocycles. The van der Waals surface area contributed by atoms with Crippen molar-refractivity contribution in [2.45, 2.75) is 18.9 Å². The van der Waals surface area contributed by atoms with Crippen LogP contribution in [0.5, 0.6) is 0 Å². The Morgan fingerprint density at radius 3 is 2.57 bits per heavy atom. The van der Waals surface area contributed by atoms with Crippen LogP contribution in [0.2, 0.25) is 5.15 Å². The van der Waals surface area contributed by atoms with Gasteiger partial charge in [0.15, 0.2) is 0 Å². The van der Waals surface area contributed by atoms with E-state index in [2.05, 4.69) is 4.98 Å². The van der Waals surface area contributed by atoms with Crippen molar-refractivity contribution in [1.29, 1.82) is 0 Å². The lowest BCUT2D eigenvalue weighted by molar-refractivity contribution is 0.145. The summed E-state index contributed by atoms with van der Waals surface area (Å²) in [7, 11) is 0. The summed E-state index contributed by atoms with van der Waals surface area (Å²) in [6.45, 7) is -0.579. The molecule has 0 atom stereocenters. The molecule has 0 saturated heterocycles. The predicted molar refractivity (Wildman–Crippen MR) is 49.7 cm³/mol. The van der Waals surface area contributed by atoms with Crippen molar-refractivity contribution in [1.82, 2.24) is 4.98 Å². The zero-order valence-corrected chi connectivity index (χ0v) is 8.49. The molecule has 0 amide bonds. The highest BCUT2D eigenvalue weighted by molar-refractivity contribution is 6.29. The molecule has 0 unspecified atom stereocenters. The van der Waals surface area contributed by atoms with Gasteiger partial charge in [-0.15, -0.1) is 11.6 Å². The summed E-state index contributed by atoms with van der Waals surface area (Å²) in [5, 5.41) is 8.86. The SMILES string of the molecule is OCc1nc(Cl)cc(CCl)c1C(F)F. The van der Waals surface area contributed by atoms with Crippen molar-refractivity contribution < 1.29 is 13.9 Å². The Bertz CT molecular complexity index is 308. The van der Waals surface area contributed by atoms with Crippen LogP contribution in [0.4, 0.5) is 8.78 Å². The van der Waals surface area contributed by atoms with Gasteiger partial charge in [-0.1, -0.05) is 11.6 Å². The van der Waals surface area contributed by atoms with E-state index in [4.69, 9.17) is 28.3 Å². The van der Waals surface area contributed by atoms with Crippen molar-refractivity contribution in [2.75, 3.05) is 0 Å². The zero-order valence-electron chi connectivity index (χ0n) is 6.98. The van der Waals surface area contributed by atoms with E-state index in [-0.39, 0.29) is 27.9 Å². The fourth-order valence-electron chi connectivity index (χ4n) is 1.13. The average molecular weight is 242 g/mol. The third-order valence-electron chi connectivity index (χ3n) is 1.70. The van der Waals surface area contributed by atoms with E-state index >= 15 is 0 Å². The summed E-state index contributed by atoms with van der Waals surface area (Å²) in [6.07, 6.45) is -2.71. The first-order valence-electron chi connectivity index (χ1n) is 3.73. The first-order chi connectivity index (χ1) is 6.60. The Kier molecular flexibility index (Phi) is 4.04. The van der Waals surface area contributed by atoms with E-state index in [1.54, 1.807) is 0 Å². The number of aliphatic hydroxyl groups is 1. The van der Waals surface area contributed by atoms with Gasteiger partial charge in [-0.05, 0) is 11.6 Å². The smallest absolute Gasteiger partial charge is 0.266 e.